The lowest BCUT2D eigenvalue weighted by atomic mass is 10.1. The average molecular weight is 495 g/mol. The molecule has 0 saturated heterocycles. The van der Waals surface area contributed by atoms with E-state index in [1.807, 2.05) is 6.92 Å². The molecule has 1 heterocycles. The van der Waals surface area contributed by atoms with Crippen LogP contribution in [0.3, 0.4) is 0 Å². The molecule has 0 saturated carbocycles. The molecule has 0 amide bonds. The zero-order valence-corrected chi connectivity index (χ0v) is 19.9. The van der Waals surface area contributed by atoms with Crippen molar-refractivity contribution in [2.45, 2.75) is 13.8 Å². The minimum absolute atomic E-state index is 0.242. The van der Waals surface area contributed by atoms with Gasteiger partial charge in [0, 0.05) is 26.6 Å². The lowest BCUT2D eigenvalue weighted by molar-refractivity contribution is 0.0734. The maximum atomic E-state index is 12.9. The Balaban J connectivity index is 1.50. The number of fused-ring (bicyclic) bond motifs is 1. The quantitative estimate of drug-likeness (QED) is 0.115. The van der Waals surface area contributed by atoms with Crippen LogP contribution in [-0.2, 0) is 0 Å². The van der Waals surface area contributed by atoms with Gasteiger partial charge in [-0.25, -0.2) is 4.79 Å². The summed E-state index contributed by atoms with van der Waals surface area (Å²) in [6.07, 6.45) is 2.97. The number of carbonyl (C=O) groups excluding carboxylic acids is 2. The minimum Gasteiger partial charge on any atom is -0.494 e. The number of ketones is 1. The van der Waals surface area contributed by atoms with E-state index in [0.717, 1.165) is 0 Å². The van der Waals surface area contributed by atoms with Gasteiger partial charge >= 0.3 is 5.97 Å². The van der Waals surface area contributed by atoms with Crippen LogP contribution in [0.4, 0.5) is 0 Å². The van der Waals surface area contributed by atoms with E-state index in [1.165, 1.54) is 6.08 Å². The fourth-order valence-electron chi connectivity index (χ4n) is 3.48. The van der Waals surface area contributed by atoms with Crippen molar-refractivity contribution >= 4 is 52.0 Å². The van der Waals surface area contributed by atoms with E-state index in [1.54, 1.807) is 73.7 Å². The number of hydrogen-bond donors (Lipinski definition) is 0. The first-order chi connectivity index (χ1) is 16.4. The molecule has 0 radical (unpaired) electrons. The van der Waals surface area contributed by atoms with Crippen LogP contribution in [-0.4, -0.2) is 18.4 Å². The summed E-state index contributed by atoms with van der Waals surface area (Å²) in [6.45, 7) is 4.10. The van der Waals surface area contributed by atoms with Crippen LogP contribution >= 0.6 is 23.2 Å². The average Bonchev–Trinajstić information content (AvgIpc) is 3.14. The monoisotopic (exact) mass is 494 g/mol. The Morgan fingerprint density at radius 3 is 2.32 bits per heavy atom. The van der Waals surface area contributed by atoms with Gasteiger partial charge in [-0.2, -0.15) is 0 Å². The topological polar surface area (TPSA) is 65.7 Å². The van der Waals surface area contributed by atoms with E-state index in [4.69, 9.17) is 37.1 Å². The van der Waals surface area contributed by atoms with Crippen LogP contribution in [0, 0.1) is 6.92 Å². The van der Waals surface area contributed by atoms with E-state index >= 15 is 0 Å². The second-order valence-electron chi connectivity index (χ2n) is 7.37. The normalized spacial score (nSPS) is 11.2. The van der Waals surface area contributed by atoms with E-state index in [0.29, 0.717) is 61.6 Å². The first kappa shape index (κ1) is 23.6. The predicted molar refractivity (Wildman–Crippen MR) is 133 cm³/mol. The summed E-state index contributed by atoms with van der Waals surface area (Å²) < 4.78 is 16.8. The van der Waals surface area contributed by atoms with E-state index in [9.17, 15) is 9.59 Å². The van der Waals surface area contributed by atoms with Crippen molar-refractivity contribution in [1.29, 1.82) is 0 Å². The molecule has 0 spiro atoms. The van der Waals surface area contributed by atoms with Crippen LogP contribution in [0.1, 0.15) is 39.0 Å². The van der Waals surface area contributed by atoms with Gasteiger partial charge in [0.2, 0.25) is 0 Å². The standard InChI is InChI=1S/C27H20Cl2O5/c1-3-32-19-11-14-25-21(15-19)26(16(2)33-25)27(31)34-18-9-7-17(8-10-18)24(30)13-12-20-22(28)5-4-6-23(20)29/h4-15H,3H2,1-2H3/b13-12+. The summed E-state index contributed by atoms with van der Waals surface area (Å²) >= 11 is 12.3. The van der Waals surface area contributed by atoms with Gasteiger partial charge in [-0.1, -0.05) is 29.3 Å². The number of rotatable bonds is 7. The summed E-state index contributed by atoms with van der Waals surface area (Å²) in [5.41, 5.74) is 1.89. The summed E-state index contributed by atoms with van der Waals surface area (Å²) in [5.74, 6) is 0.586. The van der Waals surface area contributed by atoms with Crippen LogP contribution in [0.5, 0.6) is 11.5 Å². The van der Waals surface area contributed by atoms with Crippen molar-refractivity contribution in [2.24, 2.45) is 0 Å². The molecule has 0 aliphatic rings. The Morgan fingerprint density at radius 1 is 0.971 bits per heavy atom. The molecule has 3 aromatic carbocycles. The van der Waals surface area contributed by atoms with Gasteiger partial charge in [-0.3, -0.25) is 4.79 Å². The van der Waals surface area contributed by atoms with Gasteiger partial charge in [0.15, 0.2) is 5.78 Å². The highest BCUT2D eigenvalue weighted by molar-refractivity contribution is 6.37. The first-order valence-electron chi connectivity index (χ1n) is 10.5. The number of hydrogen-bond acceptors (Lipinski definition) is 5. The molecule has 0 atom stereocenters. The van der Waals surface area contributed by atoms with Crippen LogP contribution in [0.15, 0.2) is 71.2 Å². The number of furan rings is 1. The molecular weight excluding hydrogens is 475 g/mol. The molecule has 0 unspecified atom stereocenters. The Kier molecular flexibility index (Phi) is 7.06. The third kappa shape index (κ3) is 5.01. The second kappa shape index (κ2) is 10.2. The van der Waals surface area contributed by atoms with Crippen molar-refractivity contribution in [1.82, 2.24) is 0 Å². The highest BCUT2D eigenvalue weighted by Crippen LogP contribution is 2.30. The molecule has 5 nitrogen and oxygen atoms in total. The Bertz CT molecular complexity index is 1380. The lowest BCUT2D eigenvalue weighted by Gasteiger charge is -2.06. The first-order valence-corrected chi connectivity index (χ1v) is 11.3. The fraction of sp³-hybridized carbons (Fsp3) is 0.111. The number of allylic oxidation sites excluding steroid dienone is 1. The highest BCUT2D eigenvalue weighted by Gasteiger charge is 2.21. The second-order valence-corrected chi connectivity index (χ2v) is 8.19. The van der Waals surface area contributed by atoms with Gasteiger partial charge in [0.1, 0.15) is 28.4 Å². The molecule has 172 valence electrons. The third-order valence-electron chi connectivity index (χ3n) is 5.10. The van der Waals surface area contributed by atoms with Gasteiger partial charge in [0.05, 0.1) is 6.61 Å². The minimum atomic E-state index is -0.558. The maximum Gasteiger partial charge on any atom is 0.347 e. The van der Waals surface area contributed by atoms with Gasteiger partial charge in [0.25, 0.3) is 0 Å². The van der Waals surface area contributed by atoms with Gasteiger partial charge in [-0.05, 0) is 80.6 Å². The number of ether oxygens (including phenoxy) is 2. The SMILES string of the molecule is CCOc1ccc2oc(C)c(C(=O)Oc3ccc(C(=O)/C=C/c4c(Cl)cccc4Cl)cc3)c2c1. The molecule has 34 heavy (non-hydrogen) atoms. The summed E-state index contributed by atoms with van der Waals surface area (Å²) in [5, 5.41) is 1.52. The van der Waals surface area contributed by atoms with Crippen molar-refractivity contribution in [3.05, 3.63) is 99.2 Å². The molecule has 0 fully saturated rings. The molecule has 0 aliphatic carbocycles. The smallest absolute Gasteiger partial charge is 0.347 e. The molecule has 4 aromatic rings. The van der Waals surface area contributed by atoms with Crippen molar-refractivity contribution < 1.29 is 23.5 Å². The Labute approximate surface area is 206 Å². The lowest BCUT2D eigenvalue weighted by Crippen LogP contribution is -2.09. The Morgan fingerprint density at radius 2 is 1.65 bits per heavy atom. The zero-order valence-electron chi connectivity index (χ0n) is 18.4. The number of aryl methyl sites for hydroxylation is 1. The molecule has 0 bridgehead atoms. The number of benzene rings is 3. The zero-order chi connectivity index (χ0) is 24.2. The summed E-state index contributed by atoms with van der Waals surface area (Å²) in [6, 6.07) is 16.7. The van der Waals surface area contributed by atoms with Crippen LogP contribution in [0.25, 0.3) is 17.0 Å². The van der Waals surface area contributed by atoms with E-state index in [-0.39, 0.29) is 5.78 Å². The highest BCUT2D eigenvalue weighted by atomic mass is 35.5. The largest absolute Gasteiger partial charge is 0.494 e. The van der Waals surface area contributed by atoms with Gasteiger partial charge in [-0.15, -0.1) is 0 Å². The maximum absolute atomic E-state index is 12.9. The predicted octanol–water partition coefficient (Wildman–Crippen LogP) is 7.56. The molecule has 7 heteroatoms. The molecule has 0 N–H and O–H groups in total. The van der Waals surface area contributed by atoms with Crippen LogP contribution < -0.4 is 9.47 Å². The Hall–Kier alpha value is -3.54. The van der Waals surface area contributed by atoms with E-state index < -0.39 is 5.97 Å². The molecule has 4 rings (SSSR count). The molecule has 0 aliphatic heterocycles. The number of carbonyl (C=O) groups is 2. The number of esters is 1. The van der Waals surface area contributed by atoms with Gasteiger partial charge < -0.3 is 13.9 Å². The van der Waals surface area contributed by atoms with E-state index in [2.05, 4.69) is 0 Å². The summed E-state index contributed by atoms with van der Waals surface area (Å²) in [7, 11) is 0. The van der Waals surface area contributed by atoms with Crippen molar-refractivity contribution in [3.63, 3.8) is 0 Å². The van der Waals surface area contributed by atoms with Crippen molar-refractivity contribution in [2.75, 3.05) is 6.61 Å². The third-order valence-corrected chi connectivity index (χ3v) is 5.76. The summed E-state index contributed by atoms with van der Waals surface area (Å²) in [4.78, 5) is 25.4. The molecular formula is C27H20Cl2O5. The molecule has 1 aromatic heterocycles. The van der Waals surface area contributed by atoms with Crippen LogP contribution in [0.2, 0.25) is 10.0 Å². The fourth-order valence-corrected chi connectivity index (χ4v) is 4.00. The number of halogens is 2. The van der Waals surface area contributed by atoms with Crippen molar-refractivity contribution in [3.8, 4) is 11.5 Å².